The van der Waals surface area contributed by atoms with E-state index in [9.17, 15) is 0 Å². The molecule has 4 rings (SSSR count). The second-order valence-corrected chi connectivity index (χ2v) is 6.69. The maximum atomic E-state index is 5.54. The molecule has 1 aromatic heterocycles. The molecule has 0 atom stereocenters. The quantitative estimate of drug-likeness (QED) is 0.466. The first-order chi connectivity index (χ1) is 14.1. The zero-order chi connectivity index (χ0) is 20.4. The molecule has 0 saturated carbocycles. The summed E-state index contributed by atoms with van der Waals surface area (Å²) in [4.78, 5) is 9.88. The van der Waals surface area contributed by atoms with Crippen LogP contribution in [0.1, 0.15) is 5.56 Å². The molecule has 5 nitrogen and oxygen atoms in total. The lowest BCUT2D eigenvalue weighted by Crippen LogP contribution is -1.99. The van der Waals surface area contributed by atoms with Crippen LogP contribution >= 0.6 is 0 Å². The molecule has 0 aliphatic rings. The number of nitrogens with zero attached hydrogens (tertiary/aromatic N) is 2. The molecule has 3 aromatic carbocycles. The Kier molecular flexibility index (Phi) is 5.04. The first-order valence-electron chi connectivity index (χ1n) is 9.28. The Morgan fingerprint density at radius 3 is 1.72 bits per heavy atom. The SMILES string of the molecule is COc1cc(-c2nc3ccccc3nc2-c2cccc(C)c2)cc(OC)c1OC. The summed E-state index contributed by atoms with van der Waals surface area (Å²) in [5.41, 5.74) is 6.25. The predicted octanol–water partition coefficient (Wildman–Crippen LogP) is 5.30. The van der Waals surface area contributed by atoms with Gasteiger partial charge >= 0.3 is 0 Å². The molecule has 1 heterocycles. The van der Waals surface area contributed by atoms with Crippen molar-refractivity contribution < 1.29 is 14.2 Å². The van der Waals surface area contributed by atoms with Crippen LogP contribution in [-0.2, 0) is 0 Å². The van der Waals surface area contributed by atoms with E-state index in [1.165, 1.54) is 0 Å². The second-order valence-electron chi connectivity index (χ2n) is 6.69. The van der Waals surface area contributed by atoms with Gasteiger partial charge in [-0.05, 0) is 37.3 Å². The Morgan fingerprint density at radius 1 is 0.621 bits per heavy atom. The van der Waals surface area contributed by atoms with Crippen molar-refractivity contribution in [2.45, 2.75) is 6.92 Å². The molecule has 0 bridgehead atoms. The normalized spacial score (nSPS) is 10.8. The third-order valence-corrected chi connectivity index (χ3v) is 4.80. The number of hydrogen-bond acceptors (Lipinski definition) is 5. The number of aromatic nitrogens is 2. The highest BCUT2D eigenvalue weighted by atomic mass is 16.5. The predicted molar refractivity (Wildman–Crippen MR) is 115 cm³/mol. The highest BCUT2D eigenvalue weighted by molar-refractivity contribution is 5.87. The number of methoxy groups -OCH3 is 3. The van der Waals surface area contributed by atoms with Crippen molar-refractivity contribution in [1.29, 1.82) is 0 Å². The van der Waals surface area contributed by atoms with Gasteiger partial charge in [0, 0.05) is 11.1 Å². The summed E-state index contributed by atoms with van der Waals surface area (Å²) >= 11 is 0. The molecule has 0 N–H and O–H groups in total. The van der Waals surface area contributed by atoms with Gasteiger partial charge in [-0.25, -0.2) is 9.97 Å². The Hall–Kier alpha value is -3.60. The lowest BCUT2D eigenvalue weighted by molar-refractivity contribution is 0.324. The number of para-hydroxylation sites is 2. The van der Waals surface area contributed by atoms with Crippen molar-refractivity contribution in [3.8, 4) is 39.8 Å². The van der Waals surface area contributed by atoms with Crippen molar-refractivity contribution in [2.75, 3.05) is 21.3 Å². The minimum absolute atomic E-state index is 0.546. The molecule has 0 saturated heterocycles. The average Bonchev–Trinajstić information content (AvgIpc) is 2.77. The standard InChI is InChI=1S/C24H22N2O3/c1-15-8-7-9-16(12-15)22-23(26-19-11-6-5-10-18(19)25-22)17-13-20(27-2)24(29-4)21(14-17)28-3/h5-14H,1-4H3. The molecule has 4 aromatic rings. The minimum Gasteiger partial charge on any atom is -0.493 e. The highest BCUT2D eigenvalue weighted by Gasteiger charge is 2.19. The van der Waals surface area contributed by atoms with Crippen LogP contribution in [-0.4, -0.2) is 31.3 Å². The van der Waals surface area contributed by atoms with Gasteiger partial charge in [-0.15, -0.1) is 0 Å². The first kappa shape index (κ1) is 18.7. The van der Waals surface area contributed by atoms with Gasteiger partial charge in [0.2, 0.25) is 5.75 Å². The molecule has 29 heavy (non-hydrogen) atoms. The minimum atomic E-state index is 0.546. The summed E-state index contributed by atoms with van der Waals surface area (Å²) in [6.45, 7) is 2.07. The van der Waals surface area contributed by atoms with Gasteiger partial charge in [0.05, 0.1) is 43.8 Å². The van der Waals surface area contributed by atoms with Crippen LogP contribution in [0.25, 0.3) is 33.5 Å². The monoisotopic (exact) mass is 386 g/mol. The van der Waals surface area contributed by atoms with Gasteiger partial charge in [0.25, 0.3) is 0 Å². The van der Waals surface area contributed by atoms with Crippen molar-refractivity contribution in [2.24, 2.45) is 0 Å². The van der Waals surface area contributed by atoms with Gasteiger partial charge < -0.3 is 14.2 Å². The van der Waals surface area contributed by atoms with Crippen LogP contribution in [0.4, 0.5) is 0 Å². The Labute approximate surface area is 169 Å². The maximum Gasteiger partial charge on any atom is 0.203 e. The van der Waals surface area contributed by atoms with Crippen LogP contribution in [0.3, 0.4) is 0 Å². The van der Waals surface area contributed by atoms with Gasteiger partial charge in [-0.2, -0.15) is 0 Å². The third kappa shape index (κ3) is 3.47. The summed E-state index contributed by atoms with van der Waals surface area (Å²) in [5.74, 6) is 1.70. The molecule has 0 aliphatic heterocycles. The molecular weight excluding hydrogens is 364 g/mol. The molecule has 146 valence electrons. The summed E-state index contributed by atoms with van der Waals surface area (Å²) in [5, 5.41) is 0. The highest BCUT2D eigenvalue weighted by Crippen LogP contribution is 2.42. The summed E-state index contributed by atoms with van der Waals surface area (Å²) in [7, 11) is 4.80. The van der Waals surface area contributed by atoms with Gasteiger partial charge in [0.1, 0.15) is 0 Å². The second kappa shape index (κ2) is 7.80. The van der Waals surface area contributed by atoms with Crippen LogP contribution in [0, 0.1) is 6.92 Å². The van der Waals surface area contributed by atoms with Crippen LogP contribution in [0.5, 0.6) is 17.2 Å². The Balaban J connectivity index is 2.03. The van der Waals surface area contributed by atoms with E-state index in [1.54, 1.807) is 21.3 Å². The molecule has 0 spiro atoms. The Bertz CT molecular complexity index is 1160. The number of aryl methyl sites for hydroxylation is 1. The van der Waals surface area contributed by atoms with E-state index >= 15 is 0 Å². The van der Waals surface area contributed by atoms with E-state index in [-0.39, 0.29) is 0 Å². The molecule has 0 fully saturated rings. The largest absolute Gasteiger partial charge is 0.493 e. The topological polar surface area (TPSA) is 53.5 Å². The van der Waals surface area contributed by atoms with E-state index in [0.29, 0.717) is 17.2 Å². The average molecular weight is 386 g/mol. The van der Waals surface area contributed by atoms with E-state index in [1.807, 2.05) is 48.5 Å². The van der Waals surface area contributed by atoms with E-state index in [0.717, 1.165) is 39.1 Å². The fourth-order valence-corrected chi connectivity index (χ4v) is 3.41. The van der Waals surface area contributed by atoms with E-state index in [2.05, 4.69) is 19.1 Å². The van der Waals surface area contributed by atoms with Crippen molar-refractivity contribution >= 4 is 11.0 Å². The van der Waals surface area contributed by atoms with E-state index < -0.39 is 0 Å². The molecule has 0 aliphatic carbocycles. The fourth-order valence-electron chi connectivity index (χ4n) is 3.41. The molecular formula is C24H22N2O3. The van der Waals surface area contributed by atoms with Gasteiger partial charge in [0.15, 0.2) is 11.5 Å². The van der Waals surface area contributed by atoms with Crippen molar-refractivity contribution in [3.05, 3.63) is 66.2 Å². The summed E-state index contributed by atoms with van der Waals surface area (Å²) in [6.07, 6.45) is 0. The zero-order valence-electron chi connectivity index (χ0n) is 16.9. The molecule has 5 heteroatoms. The fraction of sp³-hybridized carbons (Fsp3) is 0.167. The van der Waals surface area contributed by atoms with Crippen molar-refractivity contribution in [3.63, 3.8) is 0 Å². The summed E-state index contributed by atoms with van der Waals surface area (Å²) < 4.78 is 16.5. The number of fused-ring (bicyclic) bond motifs is 1. The number of ether oxygens (including phenoxy) is 3. The number of rotatable bonds is 5. The third-order valence-electron chi connectivity index (χ3n) is 4.80. The molecule has 0 radical (unpaired) electrons. The van der Waals surface area contributed by atoms with Gasteiger partial charge in [-0.1, -0.05) is 35.9 Å². The zero-order valence-corrected chi connectivity index (χ0v) is 16.9. The lowest BCUT2D eigenvalue weighted by atomic mass is 10.0. The smallest absolute Gasteiger partial charge is 0.203 e. The Morgan fingerprint density at radius 2 is 1.21 bits per heavy atom. The molecule has 0 unspecified atom stereocenters. The van der Waals surface area contributed by atoms with E-state index in [4.69, 9.17) is 24.2 Å². The first-order valence-corrected chi connectivity index (χ1v) is 9.28. The van der Waals surface area contributed by atoms with Crippen LogP contribution < -0.4 is 14.2 Å². The van der Waals surface area contributed by atoms with Crippen molar-refractivity contribution in [1.82, 2.24) is 9.97 Å². The lowest BCUT2D eigenvalue weighted by Gasteiger charge is -2.16. The van der Waals surface area contributed by atoms with Crippen LogP contribution in [0.2, 0.25) is 0 Å². The number of benzene rings is 3. The maximum absolute atomic E-state index is 5.54. The molecule has 0 amide bonds. The van der Waals surface area contributed by atoms with Gasteiger partial charge in [-0.3, -0.25) is 0 Å². The van der Waals surface area contributed by atoms with Crippen LogP contribution in [0.15, 0.2) is 60.7 Å². The summed E-state index contributed by atoms with van der Waals surface area (Å²) in [6, 6.07) is 19.9. The number of hydrogen-bond donors (Lipinski definition) is 0.